The lowest BCUT2D eigenvalue weighted by Gasteiger charge is -2.26. The second-order valence-electron chi connectivity index (χ2n) is 7.89. The summed E-state index contributed by atoms with van der Waals surface area (Å²) in [5.41, 5.74) is 3.46. The molecule has 1 heterocycles. The first kappa shape index (κ1) is 23.7. The van der Waals surface area contributed by atoms with Crippen LogP contribution in [0, 0.1) is 13.8 Å². The molecule has 0 spiro atoms. The van der Waals surface area contributed by atoms with Crippen molar-refractivity contribution in [1.29, 1.82) is 0 Å². The fourth-order valence-corrected chi connectivity index (χ4v) is 6.29. The number of hydrogen-bond acceptors (Lipinski definition) is 5. The number of fused-ring (bicyclic) bond motifs is 1. The van der Waals surface area contributed by atoms with E-state index in [1.807, 2.05) is 26.8 Å². The number of nitrogens with one attached hydrogen (secondary N) is 1. The number of aryl methyl sites for hydroxylation is 2. The molecule has 1 N–H and O–H groups in total. The third-order valence-electron chi connectivity index (χ3n) is 5.73. The van der Waals surface area contributed by atoms with Gasteiger partial charge in [0.25, 0.3) is 10.0 Å². The second kappa shape index (κ2) is 9.44. The number of carbonyl (C=O) groups is 1. The summed E-state index contributed by atoms with van der Waals surface area (Å²) in [4.78, 5) is 25.2. The standard InChI is InChI=1S/C25H25N3O4S2/c1-4-27-22-14-13-19(15-23(22)33-25(27)30)26-24(29)16-28(21-12-8-9-17(2)18(21)3)34(31,32)20-10-6-5-7-11-20/h5-15H,4,16H2,1-3H3,(H,26,29). The topological polar surface area (TPSA) is 88.5 Å². The molecule has 34 heavy (non-hydrogen) atoms. The largest absolute Gasteiger partial charge is 0.324 e. The van der Waals surface area contributed by atoms with Crippen LogP contribution in [0.4, 0.5) is 11.4 Å². The Morgan fingerprint density at radius 2 is 1.76 bits per heavy atom. The van der Waals surface area contributed by atoms with Crippen LogP contribution in [0.15, 0.2) is 76.4 Å². The van der Waals surface area contributed by atoms with Gasteiger partial charge in [-0.2, -0.15) is 0 Å². The number of nitrogens with zero attached hydrogens (tertiary/aromatic N) is 2. The number of benzene rings is 3. The molecule has 0 aliphatic heterocycles. The maximum Gasteiger partial charge on any atom is 0.308 e. The van der Waals surface area contributed by atoms with Gasteiger partial charge in [0.2, 0.25) is 5.91 Å². The van der Waals surface area contributed by atoms with Crippen molar-refractivity contribution in [1.82, 2.24) is 4.57 Å². The van der Waals surface area contributed by atoms with E-state index in [1.54, 1.807) is 53.1 Å². The smallest absolute Gasteiger partial charge is 0.308 e. The molecule has 0 aliphatic rings. The van der Waals surface area contributed by atoms with Crippen LogP contribution in [0.1, 0.15) is 18.1 Å². The quantitative estimate of drug-likeness (QED) is 0.408. The third-order valence-corrected chi connectivity index (χ3v) is 8.45. The van der Waals surface area contributed by atoms with Crippen LogP contribution >= 0.6 is 11.3 Å². The maximum absolute atomic E-state index is 13.5. The van der Waals surface area contributed by atoms with Gasteiger partial charge in [-0.3, -0.25) is 18.5 Å². The van der Waals surface area contributed by atoms with Gasteiger partial charge in [0.1, 0.15) is 6.54 Å². The molecule has 0 bridgehead atoms. The Kier molecular flexibility index (Phi) is 6.58. The lowest BCUT2D eigenvalue weighted by atomic mass is 10.1. The molecule has 3 aromatic carbocycles. The number of amides is 1. The summed E-state index contributed by atoms with van der Waals surface area (Å²) in [6.07, 6.45) is 0. The molecule has 0 fully saturated rings. The van der Waals surface area contributed by atoms with Gasteiger partial charge in [0.05, 0.1) is 20.8 Å². The van der Waals surface area contributed by atoms with Crippen molar-refractivity contribution in [2.45, 2.75) is 32.2 Å². The zero-order valence-corrected chi connectivity index (χ0v) is 20.7. The van der Waals surface area contributed by atoms with Gasteiger partial charge in [-0.25, -0.2) is 8.42 Å². The SMILES string of the molecule is CCn1c(=O)sc2cc(NC(=O)CN(c3cccc(C)c3C)S(=O)(=O)c3ccccc3)ccc21. The van der Waals surface area contributed by atoms with Crippen LogP contribution in [-0.4, -0.2) is 25.4 Å². The van der Waals surface area contributed by atoms with E-state index < -0.39 is 22.5 Å². The fourth-order valence-electron chi connectivity index (χ4n) is 3.80. The highest BCUT2D eigenvalue weighted by molar-refractivity contribution is 7.92. The summed E-state index contributed by atoms with van der Waals surface area (Å²) in [6.45, 7) is 5.80. The van der Waals surface area contributed by atoms with Gasteiger partial charge >= 0.3 is 4.87 Å². The van der Waals surface area contributed by atoms with Crippen LogP contribution in [0.25, 0.3) is 10.2 Å². The molecule has 0 radical (unpaired) electrons. The van der Waals surface area contributed by atoms with E-state index in [-0.39, 0.29) is 9.77 Å². The predicted octanol–water partition coefficient (Wildman–Crippen LogP) is 4.53. The molecule has 0 saturated heterocycles. The minimum Gasteiger partial charge on any atom is -0.324 e. The van der Waals surface area contributed by atoms with Crippen LogP contribution < -0.4 is 14.5 Å². The average Bonchev–Trinajstić information content (AvgIpc) is 3.14. The highest BCUT2D eigenvalue weighted by Gasteiger charge is 2.28. The van der Waals surface area contributed by atoms with Gasteiger partial charge in [0.15, 0.2) is 0 Å². The van der Waals surface area contributed by atoms with Crippen LogP contribution in [0.2, 0.25) is 0 Å². The van der Waals surface area contributed by atoms with Gasteiger partial charge in [0, 0.05) is 12.2 Å². The molecule has 7 nitrogen and oxygen atoms in total. The molecule has 0 saturated carbocycles. The molecule has 4 aromatic rings. The number of rotatable bonds is 7. The first-order chi connectivity index (χ1) is 16.2. The lowest BCUT2D eigenvalue weighted by molar-refractivity contribution is -0.114. The number of hydrogen-bond donors (Lipinski definition) is 1. The maximum atomic E-state index is 13.5. The molecule has 9 heteroatoms. The van der Waals surface area contributed by atoms with E-state index in [1.165, 1.54) is 12.1 Å². The van der Waals surface area contributed by atoms with E-state index >= 15 is 0 Å². The second-order valence-corrected chi connectivity index (χ2v) is 10.7. The Morgan fingerprint density at radius 1 is 1.03 bits per heavy atom. The van der Waals surface area contributed by atoms with Gasteiger partial charge in [-0.15, -0.1) is 0 Å². The van der Waals surface area contributed by atoms with Crippen molar-refractivity contribution in [2.75, 3.05) is 16.2 Å². The minimum absolute atomic E-state index is 0.0592. The Hall–Kier alpha value is -3.43. The zero-order chi connectivity index (χ0) is 24.5. The Labute approximate surface area is 202 Å². The number of carbonyl (C=O) groups excluding carboxylic acids is 1. The first-order valence-corrected chi connectivity index (χ1v) is 13.0. The lowest BCUT2D eigenvalue weighted by Crippen LogP contribution is -2.38. The third kappa shape index (κ3) is 4.49. The molecule has 0 unspecified atom stereocenters. The van der Waals surface area contributed by atoms with Crippen LogP contribution in [0.5, 0.6) is 0 Å². The van der Waals surface area contributed by atoms with Crippen molar-refractivity contribution >= 4 is 48.9 Å². The van der Waals surface area contributed by atoms with Crippen molar-refractivity contribution < 1.29 is 13.2 Å². The normalized spacial score (nSPS) is 11.5. The molecule has 1 aromatic heterocycles. The first-order valence-electron chi connectivity index (χ1n) is 10.8. The number of sulfonamides is 1. The van der Waals surface area contributed by atoms with Crippen LogP contribution in [-0.2, 0) is 21.4 Å². The highest BCUT2D eigenvalue weighted by Crippen LogP contribution is 2.29. The molecule has 0 atom stereocenters. The van der Waals surface area contributed by atoms with Crippen molar-refractivity contribution in [3.8, 4) is 0 Å². The van der Waals surface area contributed by atoms with Crippen molar-refractivity contribution in [3.05, 3.63) is 87.5 Å². The molecule has 0 aliphatic carbocycles. The monoisotopic (exact) mass is 495 g/mol. The summed E-state index contributed by atoms with van der Waals surface area (Å²) in [5, 5.41) is 2.79. The van der Waals surface area contributed by atoms with Gasteiger partial charge in [-0.1, -0.05) is 41.7 Å². The minimum atomic E-state index is -3.99. The molecular weight excluding hydrogens is 470 g/mol. The Morgan fingerprint density at radius 3 is 2.47 bits per heavy atom. The summed E-state index contributed by atoms with van der Waals surface area (Å²) in [5.74, 6) is -0.484. The Bertz CT molecular complexity index is 1520. The van der Waals surface area contributed by atoms with E-state index in [2.05, 4.69) is 5.32 Å². The summed E-state index contributed by atoms with van der Waals surface area (Å²) < 4.78 is 30.7. The number of aromatic nitrogens is 1. The van der Waals surface area contributed by atoms with Gasteiger partial charge in [-0.05, 0) is 68.3 Å². The summed E-state index contributed by atoms with van der Waals surface area (Å²) >= 11 is 1.11. The predicted molar refractivity (Wildman–Crippen MR) is 137 cm³/mol. The Balaban J connectivity index is 1.68. The average molecular weight is 496 g/mol. The van der Waals surface area contributed by atoms with E-state index in [0.29, 0.717) is 17.9 Å². The molecule has 176 valence electrons. The van der Waals surface area contributed by atoms with Crippen molar-refractivity contribution in [2.24, 2.45) is 0 Å². The molecule has 4 rings (SSSR count). The van der Waals surface area contributed by atoms with E-state index in [4.69, 9.17) is 0 Å². The van der Waals surface area contributed by atoms with Crippen molar-refractivity contribution in [3.63, 3.8) is 0 Å². The van der Waals surface area contributed by atoms with Gasteiger partial charge < -0.3 is 5.32 Å². The molecular formula is C25H25N3O4S2. The van der Waals surface area contributed by atoms with E-state index in [0.717, 1.165) is 37.0 Å². The summed E-state index contributed by atoms with van der Waals surface area (Å²) in [7, 11) is -3.99. The summed E-state index contributed by atoms with van der Waals surface area (Å²) in [6, 6.07) is 18.7. The fraction of sp³-hybridized carbons (Fsp3) is 0.200. The highest BCUT2D eigenvalue weighted by atomic mass is 32.2. The van der Waals surface area contributed by atoms with E-state index in [9.17, 15) is 18.0 Å². The van der Waals surface area contributed by atoms with Crippen LogP contribution in [0.3, 0.4) is 0 Å². The zero-order valence-electron chi connectivity index (χ0n) is 19.1. The number of anilines is 2. The number of thiazole rings is 1. The molecule has 1 amide bonds.